The van der Waals surface area contributed by atoms with Crippen molar-refractivity contribution in [2.24, 2.45) is 5.92 Å². The molecule has 6 heteroatoms. The summed E-state index contributed by atoms with van der Waals surface area (Å²) >= 11 is 0. The second-order valence-electron chi connectivity index (χ2n) is 7.77. The lowest BCUT2D eigenvalue weighted by molar-refractivity contribution is 0.0682. The van der Waals surface area contributed by atoms with Gasteiger partial charge in [0.15, 0.2) is 0 Å². The first-order chi connectivity index (χ1) is 14.1. The molecule has 2 aromatic carbocycles. The highest BCUT2D eigenvalue weighted by molar-refractivity contribution is 6.04. The summed E-state index contributed by atoms with van der Waals surface area (Å²) in [7, 11) is 0. The molecule has 6 nitrogen and oxygen atoms in total. The molecule has 4 N–H and O–H groups in total. The van der Waals surface area contributed by atoms with Crippen molar-refractivity contribution in [1.29, 1.82) is 0 Å². The summed E-state index contributed by atoms with van der Waals surface area (Å²) in [5, 5.41) is 41.2. The van der Waals surface area contributed by atoms with E-state index in [0.717, 1.165) is 24.0 Å². The zero-order valence-electron chi connectivity index (χ0n) is 16.8. The number of hydrogen-bond acceptors (Lipinski definition) is 4. The van der Waals surface area contributed by atoms with E-state index in [-0.39, 0.29) is 33.9 Å². The third-order valence-corrected chi connectivity index (χ3v) is 5.69. The topological polar surface area (TPSA) is 115 Å². The van der Waals surface area contributed by atoms with Crippen LogP contribution in [0, 0.1) is 5.92 Å². The minimum Gasteiger partial charge on any atom is -0.507 e. The maximum Gasteiger partial charge on any atom is 0.340 e. The molecule has 0 saturated heterocycles. The van der Waals surface area contributed by atoms with Crippen LogP contribution in [0.1, 0.15) is 58.9 Å². The molecule has 30 heavy (non-hydrogen) atoms. The Bertz CT molecular complexity index is 1080. The van der Waals surface area contributed by atoms with Gasteiger partial charge in [-0.05, 0) is 50.3 Å². The predicted molar refractivity (Wildman–Crippen MR) is 113 cm³/mol. The maximum atomic E-state index is 12.1. The highest BCUT2D eigenvalue weighted by Crippen LogP contribution is 2.49. The smallest absolute Gasteiger partial charge is 0.340 e. The minimum absolute atomic E-state index is 0.0531. The van der Waals surface area contributed by atoms with Crippen LogP contribution in [0.2, 0.25) is 0 Å². The molecular weight excluding hydrogens is 384 g/mol. The molecule has 2 atom stereocenters. The van der Waals surface area contributed by atoms with E-state index in [1.165, 1.54) is 24.3 Å². The number of carboxylic acids is 2. The van der Waals surface area contributed by atoms with E-state index in [4.69, 9.17) is 0 Å². The molecule has 0 spiro atoms. The molecule has 0 bridgehead atoms. The molecule has 0 aliphatic heterocycles. The Hall–Kier alpha value is -3.54. The Morgan fingerprint density at radius 2 is 1.73 bits per heavy atom. The predicted octanol–water partition coefficient (Wildman–Crippen LogP) is 5.18. The van der Waals surface area contributed by atoms with Gasteiger partial charge in [-0.3, -0.25) is 0 Å². The molecule has 156 valence electrons. The number of carboxylic acid groups (broad SMARTS) is 2. The summed E-state index contributed by atoms with van der Waals surface area (Å²) in [6, 6.07) is 7.11. The average Bonchev–Trinajstić information content (AvgIpc) is 2.67. The molecule has 1 aliphatic rings. The third-order valence-electron chi connectivity index (χ3n) is 5.69. The molecule has 0 aromatic heterocycles. The average molecular weight is 408 g/mol. The number of aromatic hydroxyl groups is 2. The van der Waals surface area contributed by atoms with Crippen LogP contribution in [0.5, 0.6) is 11.5 Å². The third kappa shape index (κ3) is 3.68. The lowest BCUT2D eigenvalue weighted by Gasteiger charge is -2.32. The highest BCUT2D eigenvalue weighted by Gasteiger charge is 2.33. The summed E-state index contributed by atoms with van der Waals surface area (Å²) in [6.07, 6.45) is 3.55. The Morgan fingerprint density at radius 1 is 1.07 bits per heavy atom. The van der Waals surface area contributed by atoms with E-state index in [9.17, 15) is 30.0 Å². The highest BCUT2D eigenvalue weighted by atomic mass is 16.4. The number of phenols is 2. The van der Waals surface area contributed by atoms with Crippen molar-refractivity contribution in [2.75, 3.05) is 0 Å². The Kier molecular flexibility index (Phi) is 5.69. The normalized spacial score (nSPS) is 18.5. The SMILES string of the molecule is C=C(C)[C@@H]1CCC(C)=C[C@H]1c1c(O)cc(-c2ccccc2C(=O)O)c(C(=O)O)c1O. The zero-order valence-corrected chi connectivity index (χ0v) is 16.8. The van der Waals surface area contributed by atoms with Crippen LogP contribution >= 0.6 is 0 Å². The maximum absolute atomic E-state index is 12.1. The molecule has 1 aliphatic carbocycles. The number of benzene rings is 2. The van der Waals surface area contributed by atoms with Crippen molar-refractivity contribution in [1.82, 2.24) is 0 Å². The molecule has 0 fully saturated rings. The molecule has 0 heterocycles. The Morgan fingerprint density at radius 3 is 2.33 bits per heavy atom. The summed E-state index contributed by atoms with van der Waals surface area (Å²) < 4.78 is 0. The second-order valence-corrected chi connectivity index (χ2v) is 7.77. The van der Waals surface area contributed by atoms with Crippen molar-refractivity contribution in [3.05, 3.63) is 70.8 Å². The quantitative estimate of drug-likeness (QED) is 0.507. The standard InChI is InChI=1S/C24H24O6/c1-12(2)14-9-8-13(3)10-17(14)20-19(25)11-18(21(22(20)26)24(29)30)15-6-4-5-7-16(15)23(27)28/h4-7,10-11,14,17,25-26H,1,8-9H2,2-3H3,(H,27,28)(H,29,30)/t14-,17+/m0/s1. The Balaban J connectivity index is 2.32. The fourth-order valence-corrected chi connectivity index (χ4v) is 4.24. The fourth-order valence-electron chi connectivity index (χ4n) is 4.24. The van der Waals surface area contributed by atoms with Crippen LogP contribution < -0.4 is 0 Å². The number of hydrogen-bond donors (Lipinski definition) is 4. The van der Waals surface area contributed by atoms with Crippen LogP contribution in [0.15, 0.2) is 54.1 Å². The van der Waals surface area contributed by atoms with Crippen molar-refractivity contribution in [3.8, 4) is 22.6 Å². The van der Waals surface area contributed by atoms with Crippen molar-refractivity contribution in [3.63, 3.8) is 0 Å². The second kappa shape index (κ2) is 8.06. The van der Waals surface area contributed by atoms with Gasteiger partial charge in [0.05, 0.1) is 5.56 Å². The van der Waals surface area contributed by atoms with Gasteiger partial charge in [-0.15, -0.1) is 0 Å². The summed E-state index contributed by atoms with van der Waals surface area (Å²) in [5.41, 5.74) is 1.56. The molecule has 0 amide bonds. The van der Waals surface area contributed by atoms with Crippen LogP contribution in [0.25, 0.3) is 11.1 Å². The van der Waals surface area contributed by atoms with E-state index in [2.05, 4.69) is 6.58 Å². The van der Waals surface area contributed by atoms with Crippen molar-refractivity contribution in [2.45, 2.75) is 32.6 Å². The molecular formula is C24H24O6. The van der Waals surface area contributed by atoms with Gasteiger partial charge >= 0.3 is 11.9 Å². The Labute approximate surface area is 174 Å². The van der Waals surface area contributed by atoms with Crippen molar-refractivity contribution >= 4 is 11.9 Å². The largest absolute Gasteiger partial charge is 0.507 e. The number of allylic oxidation sites excluding steroid dienone is 3. The number of phenolic OH excluding ortho intramolecular Hbond substituents is 1. The summed E-state index contributed by atoms with van der Waals surface area (Å²) in [4.78, 5) is 23.7. The monoisotopic (exact) mass is 408 g/mol. The van der Waals surface area contributed by atoms with Crippen LogP contribution in [-0.2, 0) is 0 Å². The molecule has 2 aromatic rings. The molecule has 0 unspecified atom stereocenters. The van der Waals surface area contributed by atoms with Crippen molar-refractivity contribution < 1.29 is 30.0 Å². The molecule has 0 saturated carbocycles. The van der Waals surface area contributed by atoms with Gasteiger partial charge in [-0.25, -0.2) is 9.59 Å². The van der Waals surface area contributed by atoms with E-state index in [1.807, 2.05) is 19.9 Å². The van der Waals surface area contributed by atoms with Crippen LogP contribution in [0.3, 0.4) is 0 Å². The van der Waals surface area contributed by atoms with Gasteiger partial charge in [-0.2, -0.15) is 0 Å². The summed E-state index contributed by atoms with van der Waals surface area (Å²) in [6.45, 7) is 7.84. The van der Waals surface area contributed by atoms with Crippen LogP contribution in [-0.4, -0.2) is 32.4 Å². The first-order valence-corrected chi connectivity index (χ1v) is 9.61. The van der Waals surface area contributed by atoms with E-state index < -0.39 is 29.2 Å². The molecule has 3 rings (SSSR count). The minimum atomic E-state index is -1.41. The summed E-state index contributed by atoms with van der Waals surface area (Å²) in [5.74, 6) is -3.98. The van der Waals surface area contributed by atoms with Gasteiger partial charge in [0.2, 0.25) is 0 Å². The lowest BCUT2D eigenvalue weighted by atomic mass is 9.73. The number of carbonyl (C=O) groups is 2. The van der Waals surface area contributed by atoms with E-state index in [1.54, 1.807) is 6.07 Å². The first kappa shape index (κ1) is 21.2. The van der Waals surface area contributed by atoms with Gasteiger partial charge in [0.25, 0.3) is 0 Å². The first-order valence-electron chi connectivity index (χ1n) is 9.61. The molecule has 0 radical (unpaired) electrons. The van der Waals surface area contributed by atoms with E-state index >= 15 is 0 Å². The van der Waals surface area contributed by atoms with Crippen LogP contribution in [0.4, 0.5) is 0 Å². The number of rotatable bonds is 5. The van der Waals surface area contributed by atoms with Gasteiger partial charge in [0, 0.05) is 17.0 Å². The van der Waals surface area contributed by atoms with Gasteiger partial charge in [0.1, 0.15) is 17.1 Å². The number of aromatic carboxylic acids is 2. The van der Waals surface area contributed by atoms with Gasteiger partial charge in [-0.1, -0.05) is 42.0 Å². The van der Waals surface area contributed by atoms with E-state index in [0.29, 0.717) is 0 Å². The lowest BCUT2D eigenvalue weighted by Crippen LogP contribution is -2.18. The zero-order chi connectivity index (χ0) is 22.2. The fraction of sp³-hybridized carbons (Fsp3) is 0.250. The van der Waals surface area contributed by atoms with Gasteiger partial charge < -0.3 is 20.4 Å².